The number of hydrogen-bond donors (Lipinski definition) is 0. The van der Waals surface area contributed by atoms with Gasteiger partial charge >= 0.3 is 0 Å². The van der Waals surface area contributed by atoms with Gasteiger partial charge in [0.15, 0.2) is 0 Å². The van der Waals surface area contributed by atoms with Crippen LogP contribution in [0.3, 0.4) is 0 Å². The molecule has 0 spiro atoms. The van der Waals surface area contributed by atoms with E-state index < -0.39 is 0 Å². The minimum Gasteiger partial charge on any atom is -0.305 e. The van der Waals surface area contributed by atoms with E-state index in [0.29, 0.717) is 0 Å². The number of aromatic nitrogens is 2. The van der Waals surface area contributed by atoms with Crippen LogP contribution >= 0.6 is 0 Å². The average Bonchev–Trinajstić information content (AvgIpc) is 2.31. The summed E-state index contributed by atoms with van der Waals surface area (Å²) in [5.74, 6) is 3.65. The maximum Gasteiger partial charge on any atom is 0.146 e. The van der Waals surface area contributed by atoms with Gasteiger partial charge in [0.25, 0.3) is 0 Å². The Morgan fingerprint density at radius 2 is 2.33 bits per heavy atom. The molecule has 0 saturated heterocycles. The molecule has 69 valence electrons. The van der Waals surface area contributed by atoms with Crippen molar-refractivity contribution in [2.24, 2.45) is 4.99 Å². The van der Waals surface area contributed by atoms with Crippen LogP contribution in [0.1, 0.15) is 12.7 Å². The van der Waals surface area contributed by atoms with E-state index in [1.165, 1.54) is 0 Å². The molecule has 0 N–H and O–H groups in total. The number of nitrogens with zero attached hydrogens (tertiary/aromatic N) is 3. The molecule has 1 radical (unpaired) electrons. The largest absolute Gasteiger partial charge is 0.305 e. The van der Waals surface area contributed by atoms with Crippen molar-refractivity contribution >= 4 is 18.1 Å². The van der Waals surface area contributed by atoms with Crippen LogP contribution in [0.2, 0.25) is 0 Å². The third-order valence-corrected chi connectivity index (χ3v) is 1.46. The molecular weight excluding hydrogens is 400 g/mol. The molecule has 0 saturated carbocycles. The van der Waals surface area contributed by atoms with E-state index in [0.717, 1.165) is 11.5 Å². The van der Waals surface area contributed by atoms with E-state index >= 15 is 0 Å². The molecule has 1 aromatic heterocycles. The molecule has 4 heteroatoms. The summed E-state index contributed by atoms with van der Waals surface area (Å²) in [6, 6.07) is 0. The first-order valence-corrected chi connectivity index (χ1v) is 3.37. The summed E-state index contributed by atoms with van der Waals surface area (Å²) in [5, 5.41) is 0. The Morgan fingerprint density at radius 1 is 1.50 bits per heavy atom. The van der Waals surface area contributed by atoms with Gasteiger partial charge in [-0.1, -0.05) is 0 Å². The third kappa shape index (κ3) is 1.00. The fourth-order valence-corrected chi connectivity index (χ4v) is 0.968. The smallest absolute Gasteiger partial charge is 0.146 e. The van der Waals surface area contributed by atoms with Gasteiger partial charge in [0.1, 0.15) is 5.82 Å². The van der Waals surface area contributed by atoms with Crippen LogP contribution in [0.15, 0.2) is 23.1 Å². The second kappa shape index (κ2) is 2.56. The number of fused-ring (bicyclic) bond motifs is 1. The Bertz CT molecular complexity index is 369. The molecule has 0 amide bonds. The number of allylic oxidation sites excluding steroid dienone is 1. The molecule has 3 nitrogen and oxygen atoms in total. The van der Waals surface area contributed by atoms with Crippen molar-refractivity contribution in [1.29, 1.82) is 0 Å². The molecule has 1 aliphatic rings. The van der Waals surface area contributed by atoms with Crippen molar-refractivity contribution in [2.75, 3.05) is 0 Å². The van der Waals surface area contributed by atoms with Gasteiger partial charge in [0, 0.05) is 24.7 Å². The minimum atomic E-state index is 0. The molecule has 0 aromatic carbocycles. The monoisotopic (exact) mass is 407 g/mol. The van der Waals surface area contributed by atoms with E-state index in [1.807, 2.05) is 23.9 Å². The zero-order chi connectivity index (χ0) is 7.68. The SMILES string of the molecule is CC1=Cn2ccnc2C=C=N1.[Lr]. The second-order valence-corrected chi connectivity index (χ2v) is 2.35. The maximum absolute atomic E-state index is 4.09. The molecule has 2 rings (SSSR count). The summed E-state index contributed by atoms with van der Waals surface area (Å²) < 4.78 is 1.92. The molecule has 0 unspecified atom stereocenters. The van der Waals surface area contributed by atoms with Gasteiger partial charge < -0.3 is 4.57 Å². The van der Waals surface area contributed by atoms with Gasteiger partial charge in [0.05, 0.1) is 5.70 Å². The number of imidazole rings is 1. The molecule has 1 aromatic rings. The molecule has 1 aliphatic heterocycles. The molecule has 0 bridgehead atoms. The fourth-order valence-electron chi connectivity index (χ4n) is 0.968. The van der Waals surface area contributed by atoms with E-state index in [1.54, 1.807) is 12.3 Å². The summed E-state index contributed by atoms with van der Waals surface area (Å²) in [7, 11) is 0. The van der Waals surface area contributed by atoms with Crippen LogP contribution in [0.4, 0.5) is 0 Å². The minimum absolute atomic E-state index is 0. The summed E-state index contributed by atoms with van der Waals surface area (Å²) >= 11 is 0. The standard InChI is InChI=1S/C8H7N3.Lr/c1-7-6-11-5-4-10-8(11)2-3-9-7;/h2,4-6H,1H3;. The fraction of sp³-hybridized carbons (Fsp3) is 0.125. The van der Waals surface area contributed by atoms with E-state index in [2.05, 4.69) is 15.8 Å². The zero-order valence-electron chi connectivity index (χ0n) is 6.41. The molecule has 2 heterocycles. The molecule has 0 aliphatic carbocycles. The Labute approximate surface area is 64.4 Å². The number of hydrogen-bond acceptors (Lipinski definition) is 2. The Morgan fingerprint density at radius 3 is 3.17 bits per heavy atom. The van der Waals surface area contributed by atoms with Gasteiger partial charge in [-0.3, -0.25) is 0 Å². The van der Waals surface area contributed by atoms with E-state index in [9.17, 15) is 0 Å². The van der Waals surface area contributed by atoms with E-state index in [4.69, 9.17) is 0 Å². The summed E-state index contributed by atoms with van der Waals surface area (Å²) in [4.78, 5) is 8.10. The van der Waals surface area contributed by atoms with Crippen molar-refractivity contribution in [2.45, 2.75) is 6.92 Å². The van der Waals surface area contributed by atoms with Gasteiger partial charge in [-0.05, 0) is 12.8 Å². The van der Waals surface area contributed by atoms with Gasteiger partial charge in [-0.15, -0.1) is 0 Å². The van der Waals surface area contributed by atoms with Crippen molar-refractivity contribution in [3.05, 3.63) is 23.9 Å². The van der Waals surface area contributed by atoms with Crippen molar-refractivity contribution in [3.63, 3.8) is 0 Å². The van der Waals surface area contributed by atoms with Crippen LogP contribution in [0, 0.1) is 0 Å². The summed E-state index contributed by atoms with van der Waals surface area (Å²) in [5.41, 5.74) is 0.929. The van der Waals surface area contributed by atoms with Crippen molar-refractivity contribution in [3.8, 4) is 0 Å². The van der Waals surface area contributed by atoms with Crippen LogP contribution < -0.4 is 0 Å². The topological polar surface area (TPSA) is 30.2 Å². The second-order valence-electron chi connectivity index (χ2n) is 2.35. The summed E-state index contributed by atoms with van der Waals surface area (Å²) in [6.07, 6.45) is 7.31. The van der Waals surface area contributed by atoms with Crippen molar-refractivity contribution < 1.29 is 0 Å². The first-order chi connectivity index (χ1) is 5.36. The Hall–Kier alpha value is -2.60. The Balaban J connectivity index is 0.000000720. The molecule has 0 fully saturated rings. The Kier molecular flexibility index (Phi) is 1.60. The predicted octanol–water partition coefficient (Wildman–Crippen LogP) is 1.40. The van der Waals surface area contributed by atoms with Crippen molar-refractivity contribution in [1.82, 2.24) is 9.55 Å². The van der Waals surface area contributed by atoms with Gasteiger partial charge in [-0.25, -0.2) is 9.98 Å². The summed E-state index contributed by atoms with van der Waals surface area (Å²) in [6.45, 7) is 1.93. The quantitative estimate of drug-likeness (QED) is 0.640. The molecular formula is C8H7LrN3. The van der Waals surface area contributed by atoms with E-state index in [-0.39, 0.29) is 0 Å². The van der Waals surface area contributed by atoms with Crippen LogP contribution in [-0.2, 0) is 0 Å². The first kappa shape index (κ1) is 7.51. The average molecular weight is 407 g/mol. The third-order valence-electron chi connectivity index (χ3n) is 1.46. The van der Waals surface area contributed by atoms with Gasteiger partial charge in [-0.2, -0.15) is 0 Å². The maximum atomic E-state index is 4.09. The van der Waals surface area contributed by atoms with Crippen LogP contribution in [0.5, 0.6) is 0 Å². The van der Waals surface area contributed by atoms with Crippen LogP contribution in [0.25, 0.3) is 12.3 Å². The molecule has 0 atom stereocenters. The first-order valence-electron chi connectivity index (χ1n) is 3.37. The number of rotatable bonds is 0. The molecule has 12 heavy (non-hydrogen) atoms. The predicted molar refractivity (Wildman–Crippen MR) is 44.1 cm³/mol. The number of aliphatic imine (C=N–C) groups is 1. The zero-order valence-corrected chi connectivity index (χ0v) is 8.56. The normalized spacial score (nSPS) is 12.9. The van der Waals surface area contributed by atoms with Crippen LogP contribution in [-0.4, -0.2) is 15.4 Å². The van der Waals surface area contributed by atoms with Gasteiger partial charge in [0.2, 0.25) is 0 Å².